The number of hydrogen-bond donors (Lipinski definition) is 7. The van der Waals surface area contributed by atoms with Gasteiger partial charge in [0.25, 0.3) is 0 Å². The van der Waals surface area contributed by atoms with Crippen molar-refractivity contribution in [2.45, 2.75) is 151 Å². The SMILES string of the molecule is CC[C@H](C)[C@H](NC(=O)C[C@H](N)[C@H](Cc1ccccc1)NC(=O)C(NC(=O)C(CC(C)C)NC(O)CC(C)C)C(C)(C)C)C(=O)NC(C(=O)OC)C(C)C. The Morgan fingerprint density at radius 2 is 1.38 bits per heavy atom. The van der Waals surface area contributed by atoms with Crippen LogP contribution >= 0.6 is 0 Å². The number of esters is 1. The van der Waals surface area contributed by atoms with E-state index in [1.165, 1.54) is 7.11 Å². The van der Waals surface area contributed by atoms with Gasteiger partial charge in [-0.25, -0.2) is 4.79 Å². The summed E-state index contributed by atoms with van der Waals surface area (Å²) in [7, 11) is 1.25. The molecule has 4 unspecified atom stereocenters. The first kappa shape index (κ1) is 47.5. The van der Waals surface area contributed by atoms with Gasteiger partial charge in [-0.1, -0.05) is 113 Å². The first-order valence-corrected chi connectivity index (χ1v) is 19.1. The average molecular weight is 747 g/mol. The van der Waals surface area contributed by atoms with Gasteiger partial charge in [-0.15, -0.1) is 0 Å². The number of methoxy groups -OCH3 is 1. The minimum atomic E-state index is -0.977. The van der Waals surface area contributed by atoms with Crippen molar-refractivity contribution in [2.24, 2.45) is 34.8 Å². The summed E-state index contributed by atoms with van der Waals surface area (Å²) in [6.07, 6.45) is 0.685. The van der Waals surface area contributed by atoms with Crippen molar-refractivity contribution in [3.63, 3.8) is 0 Å². The summed E-state index contributed by atoms with van der Waals surface area (Å²) < 4.78 is 4.87. The van der Waals surface area contributed by atoms with Crippen molar-refractivity contribution in [1.29, 1.82) is 0 Å². The Balaban J connectivity index is 3.31. The smallest absolute Gasteiger partial charge is 0.328 e. The van der Waals surface area contributed by atoms with Crippen molar-refractivity contribution in [2.75, 3.05) is 7.11 Å². The van der Waals surface area contributed by atoms with Crippen LogP contribution in [0.5, 0.6) is 0 Å². The fraction of sp³-hybridized carbons (Fsp3) is 0.725. The van der Waals surface area contributed by atoms with Crippen molar-refractivity contribution in [1.82, 2.24) is 26.6 Å². The molecule has 302 valence electrons. The van der Waals surface area contributed by atoms with Gasteiger partial charge in [0.1, 0.15) is 24.4 Å². The van der Waals surface area contributed by atoms with Crippen LogP contribution in [0.1, 0.15) is 107 Å². The molecule has 0 aliphatic heterocycles. The van der Waals surface area contributed by atoms with Gasteiger partial charge < -0.3 is 36.8 Å². The second kappa shape index (κ2) is 22.6. The normalized spacial score (nSPS) is 16.5. The molecular formula is C40H70N6O7. The molecule has 0 spiro atoms. The summed E-state index contributed by atoms with van der Waals surface area (Å²) in [4.78, 5) is 67.1. The number of aliphatic hydroxyl groups excluding tert-OH is 1. The van der Waals surface area contributed by atoms with Crippen LogP contribution in [-0.2, 0) is 35.1 Å². The monoisotopic (exact) mass is 747 g/mol. The van der Waals surface area contributed by atoms with Crippen molar-refractivity contribution >= 4 is 29.6 Å². The van der Waals surface area contributed by atoms with Crippen LogP contribution in [0, 0.1) is 29.1 Å². The van der Waals surface area contributed by atoms with Crippen LogP contribution < -0.4 is 32.3 Å². The van der Waals surface area contributed by atoms with Gasteiger partial charge in [0.15, 0.2) is 0 Å². The molecule has 0 saturated heterocycles. The van der Waals surface area contributed by atoms with Crippen LogP contribution in [0.4, 0.5) is 0 Å². The second-order valence-electron chi connectivity index (χ2n) is 16.7. The Morgan fingerprint density at radius 1 is 0.792 bits per heavy atom. The van der Waals surface area contributed by atoms with Crippen molar-refractivity contribution in [3.8, 4) is 0 Å². The molecule has 53 heavy (non-hydrogen) atoms. The van der Waals surface area contributed by atoms with E-state index in [4.69, 9.17) is 10.5 Å². The summed E-state index contributed by atoms with van der Waals surface area (Å²) in [5.74, 6) is -2.61. The molecule has 8 N–H and O–H groups in total. The molecule has 0 aromatic heterocycles. The number of nitrogens with one attached hydrogen (secondary N) is 5. The number of carbonyl (C=O) groups is 5. The molecule has 1 rings (SSSR count). The van der Waals surface area contributed by atoms with E-state index in [-0.39, 0.29) is 30.1 Å². The minimum Gasteiger partial charge on any atom is -0.467 e. The zero-order chi connectivity index (χ0) is 40.6. The van der Waals surface area contributed by atoms with Crippen LogP contribution in [0.25, 0.3) is 0 Å². The Kier molecular flexibility index (Phi) is 20.3. The highest BCUT2D eigenvalue weighted by Crippen LogP contribution is 2.21. The Hall–Kier alpha value is -3.55. The number of ether oxygens (including phenoxy) is 1. The standard InChI is InChI=1S/C40H70N6O7/c1-13-26(8)34(37(50)45-33(25(6)7)39(52)53-12)44-32(48)22-28(41)29(21-27-17-15-14-16-18-27)43-38(51)35(40(9,10)11)46-36(49)30(19-23(2)3)42-31(47)20-24(4)5/h14-18,23-26,28-31,33-35,42,47H,13,19-22,41H2,1-12H3,(H,43,51)(H,44,48)(H,45,50)(H,46,49)/t26-,28-,29-,30?,31?,33?,34-,35?/m0/s1. The lowest BCUT2D eigenvalue weighted by molar-refractivity contribution is -0.147. The second-order valence-corrected chi connectivity index (χ2v) is 16.7. The third-order valence-corrected chi connectivity index (χ3v) is 9.32. The third-order valence-electron chi connectivity index (χ3n) is 9.32. The van der Waals surface area contributed by atoms with E-state index in [0.717, 1.165) is 5.56 Å². The molecule has 13 nitrogen and oxygen atoms in total. The van der Waals surface area contributed by atoms with Crippen LogP contribution in [0.3, 0.4) is 0 Å². The quantitative estimate of drug-likeness (QED) is 0.0688. The number of hydrogen-bond acceptors (Lipinski definition) is 9. The van der Waals surface area contributed by atoms with E-state index < -0.39 is 77.5 Å². The summed E-state index contributed by atoms with van der Waals surface area (Å²) in [6.45, 7) is 20.8. The predicted molar refractivity (Wildman–Crippen MR) is 208 cm³/mol. The number of nitrogens with two attached hydrogens (primary N) is 1. The molecule has 8 atom stereocenters. The molecule has 0 aliphatic carbocycles. The number of amides is 4. The number of carbonyl (C=O) groups excluding carboxylic acids is 5. The van der Waals surface area contributed by atoms with E-state index >= 15 is 0 Å². The molecule has 13 heteroatoms. The van der Waals surface area contributed by atoms with Gasteiger partial charge in [-0.05, 0) is 53.9 Å². The number of benzene rings is 1. The molecule has 0 bridgehead atoms. The fourth-order valence-electron chi connectivity index (χ4n) is 5.99. The molecule has 1 aromatic rings. The van der Waals surface area contributed by atoms with Gasteiger partial charge in [0.05, 0.1) is 13.2 Å². The number of rotatable bonds is 22. The van der Waals surface area contributed by atoms with Crippen LogP contribution in [0.15, 0.2) is 30.3 Å². The Labute approximate surface area is 318 Å². The minimum absolute atomic E-state index is 0.140. The topological polar surface area (TPSA) is 201 Å². The van der Waals surface area contributed by atoms with E-state index in [1.54, 1.807) is 13.8 Å². The first-order valence-electron chi connectivity index (χ1n) is 19.1. The largest absolute Gasteiger partial charge is 0.467 e. The Bertz CT molecular complexity index is 1300. The maximum Gasteiger partial charge on any atom is 0.328 e. The number of aliphatic hydroxyl groups is 1. The lowest BCUT2D eigenvalue weighted by Crippen LogP contribution is -2.61. The maximum absolute atomic E-state index is 14.1. The summed E-state index contributed by atoms with van der Waals surface area (Å²) in [5, 5.41) is 25.2. The van der Waals surface area contributed by atoms with Gasteiger partial charge in [0.2, 0.25) is 23.6 Å². The highest BCUT2D eigenvalue weighted by molar-refractivity contribution is 5.92. The zero-order valence-corrected chi connectivity index (χ0v) is 34.2. The zero-order valence-electron chi connectivity index (χ0n) is 34.2. The summed E-state index contributed by atoms with van der Waals surface area (Å²) in [5.41, 5.74) is 6.86. The lowest BCUT2D eigenvalue weighted by atomic mass is 9.85. The van der Waals surface area contributed by atoms with Crippen molar-refractivity contribution < 1.29 is 33.8 Å². The van der Waals surface area contributed by atoms with Gasteiger partial charge in [-0.2, -0.15) is 0 Å². The van der Waals surface area contributed by atoms with E-state index in [2.05, 4.69) is 26.6 Å². The summed E-state index contributed by atoms with van der Waals surface area (Å²) >= 11 is 0. The molecule has 0 saturated carbocycles. The molecule has 0 fully saturated rings. The molecule has 0 aliphatic rings. The highest BCUT2D eigenvalue weighted by atomic mass is 16.5. The van der Waals surface area contributed by atoms with Gasteiger partial charge in [0, 0.05) is 18.5 Å². The third kappa shape index (κ3) is 17.0. The molecule has 0 radical (unpaired) electrons. The Morgan fingerprint density at radius 3 is 1.87 bits per heavy atom. The molecule has 1 aromatic carbocycles. The van der Waals surface area contributed by atoms with Crippen molar-refractivity contribution in [3.05, 3.63) is 35.9 Å². The first-order chi connectivity index (χ1) is 24.6. The maximum atomic E-state index is 14.1. The highest BCUT2D eigenvalue weighted by Gasteiger charge is 2.38. The predicted octanol–water partition coefficient (Wildman–Crippen LogP) is 3.18. The lowest BCUT2D eigenvalue weighted by Gasteiger charge is -2.35. The van der Waals surface area contributed by atoms with Crippen LogP contribution in [0.2, 0.25) is 0 Å². The molecular weight excluding hydrogens is 676 g/mol. The molecule has 4 amide bonds. The van der Waals surface area contributed by atoms with E-state index in [0.29, 0.717) is 25.7 Å². The van der Waals surface area contributed by atoms with Gasteiger partial charge >= 0.3 is 5.97 Å². The average Bonchev–Trinajstić information content (AvgIpc) is 3.05. The van der Waals surface area contributed by atoms with E-state index in [9.17, 15) is 29.1 Å². The summed E-state index contributed by atoms with van der Waals surface area (Å²) in [6, 6.07) is 4.27. The van der Waals surface area contributed by atoms with Crippen LogP contribution in [-0.4, -0.2) is 84.3 Å². The fourth-order valence-corrected chi connectivity index (χ4v) is 5.99. The van der Waals surface area contributed by atoms with Gasteiger partial charge in [-0.3, -0.25) is 24.5 Å². The van der Waals surface area contributed by atoms with E-state index in [1.807, 2.05) is 92.6 Å². The molecule has 0 heterocycles.